The van der Waals surface area contributed by atoms with Crippen LogP contribution in [0.5, 0.6) is 0 Å². The zero-order valence-corrected chi connectivity index (χ0v) is 9.31. The van der Waals surface area contributed by atoms with Gasteiger partial charge in [-0.3, -0.25) is 0 Å². The second kappa shape index (κ2) is 7.86. The Labute approximate surface area is 86.0 Å². The van der Waals surface area contributed by atoms with E-state index in [1.54, 1.807) is 6.07 Å². The molecule has 1 rings (SSSR count). The average Bonchev–Trinajstić information content (AvgIpc) is 2.17. The molecule has 1 unspecified atom stereocenters. The summed E-state index contributed by atoms with van der Waals surface area (Å²) in [5.74, 6) is -0.162. The van der Waals surface area contributed by atoms with Crippen molar-refractivity contribution in [1.82, 2.24) is 0 Å². The average molecular weight is 218 g/mol. The lowest BCUT2D eigenvalue weighted by Gasteiger charge is -1.97. The van der Waals surface area contributed by atoms with Gasteiger partial charge in [0.2, 0.25) is 0 Å². The monoisotopic (exact) mass is 218 g/mol. The highest BCUT2D eigenvalue weighted by atomic mass is 31.0. The minimum atomic E-state index is -0.162. The molecule has 0 heterocycles. The second-order valence-electron chi connectivity index (χ2n) is 2.92. The summed E-state index contributed by atoms with van der Waals surface area (Å²) in [5, 5.41) is 16.3. The summed E-state index contributed by atoms with van der Waals surface area (Å²) in [6.07, 6.45) is 0. The molecule has 0 aromatic heterocycles. The van der Waals surface area contributed by atoms with Gasteiger partial charge in [-0.15, -0.1) is 9.24 Å². The molecular formula is C10H16FO2P. The van der Waals surface area contributed by atoms with Crippen LogP contribution in [0, 0.1) is 12.7 Å². The van der Waals surface area contributed by atoms with Crippen LogP contribution < -0.4 is 0 Å². The van der Waals surface area contributed by atoms with Gasteiger partial charge >= 0.3 is 0 Å². The van der Waals surface area contributed by atoms with E-state index in [0.717, 1.165) is 5.56 Å². The number of aliphatic hydroxyl groups is 2. The number of benzene rings is 1. The fourth-order valence-corrected chi connectivity index (χ4v) is 0.663. The molecule has 0 bridgehead atoms. The van der Waals surface area contributed by atoms with Crippen molar-refractivity contribution in [2.75, 3.05) is 13.2 Å². The molecule has 0 saturated heterocycles. The molecule has 0 saturated carbocycles. The Bertz CT molecular complexity index is 234. The molecule has 2 nitrogen and oxygen atoms in total. The summed E-state index contributed by atoms with van der Waals surface area (Å²) < 4.78 is 12.2. The van der Waals surface area contributed by atoms with Crippen LogP contribution in [0.25, 0.3) is 0 Å². The highest BCUT2D eigenvalue weighted by Crippen LogP contribution is 1.99. The van der Waals surface area contributed by atoms with Gasteiger partial charge in [-0.1, -0.05) is 12.1 Å². The fraction of sp³-hybridized carbons (Fsp3) is 0.400. The summed E-state index contributed by atoms with van der Waals surface area (Å²) in [4.78, 5) is 0. The first-order valence-electron chi connectivity index (χ1n) is 4.29. The van der Waals surface area contributed by atoms with Crippen LogP contribution in [0.15, 0.2) is 24.3 Å². The van der Waals surface area contributed by atoms with Crippen molar-refractivity contribution in [3.8, 4) is 0 Å². The van der Waals surface area contributed by atoms with E-state index in [9.17, 15) is 4.39 Å². The van der Waals surface area contributed by atoms with Crippen LogP contribution in [-0.4, -0.2) is 29.1 Å². The molecule has 0 aliphatic rings. The molecule has 1 aromatic carbocycles. The third-order valence-electron chi connectivity index (χ3n) is 1.45. The second-order valence-corrected chi connectivity index (χ2v) is 3.87. The topological polar surface area (TPSA) is 40.5 Å². The van der Waals surface area contributed by atoms with E-state index in [4.69, 9.17) is 10.2 Å². The third-order valence-corrected chi connectivity index (χ3v) is 1.87. The fourth-order valence-electron chi connectivity index (χ4n) is 0.663. The van der Waals surface area contributed by atoms with Crippen LogP contribution in [0.4, 0.5) is 4.39 Å². The van der Waals surface area contributed by atoms with Gasteiger partial charge < -0.3 is 10.2 Å². The Kier molecular flexibility index (Phi) is 7.58. The Balaban J connectivity index is 0.000000255. The van der Waals surface area contributed by atoms with Crippen LogP contribution in [-0.2, 0) is 0 Å². The molecule has 0 spiro atoms. The van der Waals surface area contributed by atoms with E-state index in [1.165, 1.54) is 12.1 Å². The van der Waals surface area contributed by atoms with Crippen molar-refractivity contribution in [2.45, 2.75) is 12.6 Å². The van der Waals surface area contributed by atoms with Gasteiger partial charge in [0.1, 0.15) is 5.82 Å². The molecule has 4 heteroatoms. The van der Waals surface area contributed by atoms with Crippen molar-refractivity contribution in [2.24, 2.45) is 0 Å². The van der Waals surface area contributed by atoms with Crippen molar-refractivity contribution in [3.63, 3.8) is 0 Å². The lowest BCUT2D eigenvalue weighted by molar-refractivity contribution is 0.228. The van der Waals surface area contributed by atoms with Gasteiger partial charge in [0.25, 0.3) is 0 Å². The van der Waals surface area contributed by atoms with Crippen LogP contribution in [0.2, 0.25) is 0 Å². The molecule has 80 valence electrons. The Hall–Kier alpha value is -0.500. The number of aliphatic hydroxyl groups excluding tert-OH is 2. The minimum Gasteiger partial charge on any atom is -0.396 e. The number of hydrogen-bond donors (Lipinski definition) is 2. The summed E-state index contributed by atoms with van der Waals surface area (Å²) in [6, 6.07) is 6.50. The molecule has 2 N–H and O–H groups in total. The lowest BCUT2D eigenvalue weighted by atomic mass is 10.2. The SMILES string of the molecule is Cc1cccc(F)c1.OCC(P)CO. The van der Waals surface area contributed by atoms with E-state index < -0.39 is 0 Å². The van der Waals surface area contributed by atoms with E-state index >= 15 is 0 Å². The third kappa shape index (κ3) is 6.96. The predicted molar refractivity (Wildman–Crippen MR) is 58.8 cm³/mol. The van der Waals surface area contributed by atoms with Gasteiger partial charge in [-0.2, -0.15) is 0 Å². The molecular weight excluding hydrogens is 202 g/mol. The quantitative estimate of drug-likeness (QED) is 0.735. The van der Waals surface area contributed by atoms with Crippen molar-refractivity contribution >= 4 is 9.24 Å². The van der Waals surface area contributed by atoms with Crippen LogP contribution in [0.3, 0.4) is 0 Å². The first-order chi connectivity index (χ1) is 6.60. The number of halogens is 1. The molecule has 14 heavy (non-hydrogen) atoms. The molecule has 1 aromatic rings. The lowest BCUT2D eigenvalue weighted by Crippen LogP contribution is -2.07. The highest BCUT2D eigenvalue weighted by molar-refractivity contribution is 7.17. The van der Waals surface area contributed by atoms with Crippen molar-refractivity contribution < 1.29 is 14.6 Å². The molecule has 0 radical (unpaired) electrons. The smallest absolute Gasteiger partial charge is 0.123 e. The maximum absolute atomic E-state index is 12.2. The Morgan fingerprint density at radius 3 is 2.14 bits per heavy atom. The van der Waals surface area contributed by atoms with Gasteiger partial charge in [-0.25, -0.2) is 4.39 Å². The van der Waals surface area contributed by atoms with Crippen LogP contribution >= 0.6 is 9.24 Å². The first-order valence-corrected chi connectivity index (χ1v) is 4.96. The Morgan fingerprint density at radius 2 is 1.93 bits per heavy atom. The number of aryl methyl sites for hydroxylation is 1. The number of rotatable bonds is 2. The van der Waals surface area contributed by atoms with Gasteiger partial charge in [0, 0.05) is 5.66 Å². The summed E-state index contributed by atoms with van der Waals surface area (Å²) in [7, 11) is 2.31. The van der Waals surface area contributed by atoms with E-state index in [-0.39, 0.29) is 24.7 Å². The molecule has 0 aliphatic carbocycles. The zero-order valence-electron chi connectivity index (χ0n) is 8.15. The first kappa shape index (κ1) is 13.5. The summed E-state index contributed by atoms with van der Waals surface area (Å²) >= 11 is 0. The van der Waals surface area contributed by atoms with E-state index in [2.05, 4.69) is 9.24 Å². The van der Waals surface area contributed by atoms with E-state index in [1.807, 2.05) is 13.0 Å². The van der Waals surface area contributed by atoms with Crippen LogP contribution in [0.1, 0.15) is 5.56 Å². The molecule has 0 fully saturated rings. The zero-order chi connectivity index (χ0) is 11.0. The maximum Gasteiger partial charge on any atom is 0.123 e. The predicted octanol–water partition coefficient (Wildman–Crippen LogP) is 1.35. The minimum absolute atomic E-state index is 0.0370. The van der Waals surface area contributed by atoms with Gasteiger partial charge in [-0.05, 0) is 24.6 Å². The molecule has 0 amide bonds. The largest absolute Gasteiger partial charge is 0.396 e. The standard InChI is InChI=1S/C7H7F.C3H9O2P/c1-6-3-2-4-7(8)5-6;4-1-3(6)2-5/h2-5H,1H3;3-5H,1-2,6H2. The van der Waals surface area contributed by atoms with Gasteiger partial charge in [0.15, 0.2) is 0 Å². The normalized spacial score (nSPS) is 9.57. The van der Waals surface area contributed by atoms with Gasteiger partial charge in [0.05, 0.1) is 13.2 Å². The molecule has 1 atom stereocenters. The summed E-state index contributed by atoms with van der Waals surface area (Å²) in [6.45, 7) is 1.95. The van der Waals surface area contributed by atoms with Crippen molar-refractivity contribution in [3.05, 3.63) is 35.6 Å². The number of hydrogen-bond acceptors (Lipinski definition) is 2. The van der Waals surface area contributed by atoms with Crippen molar-refractivity contribution in [1.29, 1.82) is 0 Å². The maximum atomic E-state index is 12.2. The Morgan fingerprint density at radius 1 is 1.36 bits per heavy atom. The molecule has 0 aliphatic heterocycles. The highest BCUT2D eigenvalue weighted by Gasteiger charge is 1.91. The van der Waals surface area contributed by atoms with E-state index in [0.29, 0.717) is 0 Å². The summed E-state index contributed by atoms with van der Waals surface area (Å²) in [5.41, 5.74) is 0.926.